The third kappa shape index (κ3) is 2.95. The number of aromatic nitrogens is 2. The van der Waals surface area contributed by atoms with Gasteiger partial charge in [0.15, 0.2) is 5.82 Å². The molecule has 5 heteroatoms. The second kappa shape index (κ2) is 5.97. The molecule has 0 bridgehead atoms. The Morgan fingerprint density at radius 3 is 2.89 bits per heavy atom. The molecule has 0 atom stereocenters. The zero-order chi connectivity index (χ0) is 12.8. The summed E-state index contributed by atoms with van der Waals surface area (Å²) < 4.78 is 5.27. The SMILES string of the molecule is COc1ccccc1CNc1ccnc(CO)n1. The lowest BCUT2D eigenvalue weighted by Gasteiger charge is -2.10. The highest BCUT2D eigenvalue weighted by Gasteiger charge is 2.02. The standard InChI is InChI=1S/C13H15N3O2/c1-18-11-5-3-2-4-10(11)8-15-12-6-7-14-13(9-17)16-12/h2-7,17H,8-9H2,1H3,(H,14,15,16). The van der Waals surface area contributed by atoms with Crippen molar-refractivity contribution in [3.8, 4) is 5.75 Å². The van der Waals surface area contributed by atoms with Crippen LogP contribution in [-0.2, 0) is 13.2 Å². The van der Waals surface area contributed by atoms with E-state index in [1.54, 1.807) is 19.4 Å². The van der Waals surface area contributed by atoms with Crippen LogP contribution in [0.2, 0.25) is 0 Å². The van der Waals surface area contributed by atoms with Crippen molar-refractivity contribution in [1.82, 2.24) is 9.97 Å². The van der Waals surface area contributed by atoms with Crippen molar-refractivity contribution in [3.05, 3.63) is 47.9 Å². The largest absolute Gasteiger partial charge is 0.496 e. The molecule has 2 aromatic rings. The summed E-state index contributed by atoms with van der Waals surface area (Å²) in [6.45, 7) is 0.441. The maximum atomic E-state index is 8.96. The monoisotopic (exact) mass is 245 g/mol. The molecule has 0 fully saturated rings. The van der Waals surface area contributed by atoms with Crippen molar-refractivity contribution in [3.63, 3.8) is 0 Å². The van der Waals surface area contributed by atoms with E-state index in [1.807, 2.05) is 24.3 Å². The Labute approximate surface area is 105 Å². The van der Waals surface area contributed by atoms with Gasteiger partial charge in [-0.05, 0) is 12.1 Å². The Morgan fingerprint density at radius 2 is 2.11 bits per heavy atom. The van der Waals surface area contributed by atoms with Gasteiger partial charge in [-0.2, -0.15) is 0 Å². The fourth-order valence-electron chi connectivity index (χ4n) is 1.61. The summed E-state index contributed by atoms with van der Waals surface area (Å²) >= 11 is 0. The highest BCUT2D eigenvalue weighted by molar-refractivity contribution is 5.39. The number of benzene rings is 1. The number of aliphatic hydroxyl groups excluding tert-OH is 1. The molecule has 94 valence electrons. The molecular weight excluding hydrogens is 230 g/mol. The van der Waals surface area contributed by atoms with E-state index in [-0.39, 0.29) is 6.61 Å². The predicted octanol–water partition coefficient (Wildman–Crippen LogP) is 1.59. The number of hydrogen-bond donors (Lipinski definition) is 2. The Bertz CT molecular complexity index is 517. The average molecular weight is 245 g/mol. The van der Waals surface area contributed by atoms with E-state index in [1.165, 1.54) is 0 Å². The summed E-state index contributed by atoms with van der Waals surface area (Å²) in [5.41, 5.74) is 1.05. The Kier molecular flexibility index (Phi) is 4.09. The van der Waals surface area contributed by atoms with Crippen molar-refractivity contribution in [2.24, 2.45) is 0 Å². The second-order valence-electron chi connectivity index (χ2n) is 3.68. The van der Waals surface area contributed by atoms with Crippen LogP contribution >= 0.6 is 0 Å². The lowest BCUT2D eigenvalue weighted by molar-refractivity contribution is 0.271. The minimum atomic E-state index is -0.163. The molecule has 18 heavy (non-hydrogen) atoms. The van der Waals surface area contributed by atoms with Gasteiger partial charge in [0.2, 0.25) is 0 Å². The van der Waals surface area contributed by atoms with Crippen molar-refractivity contribution in [1.29, 1.82) is 0 Å². The van der Waals surface area contributed by atoms with E-state index in [0.717, 1.165) is 11.3 Å². The van der Waals surface area contributed by atoms with E-state index in [9.17, 15) is 0 Å². The van der Waals surface area contributed by atoms with Crippen LogP contribution < -0.4 is 10.1 Å². The molecule has 0 aliphatic carbocycles. The Balaban J connectivity index is 2.06. The number of anilines is 1. The normalized spacial score (nSPS) is 10.1. The fourth-order valence-corrected chi connectivity index (χ4v) is 1.61. The first-order chi connectivity index (χ1) is 8.83. The molecule has 2 rings (SSSR count). The molecule has 0 saturated carbocycles. The van der Waals surface area contributed by atoms with Gasteiger partial charge < -0.3 is 15.2 Å². The number of methoxy groups -OCH3 is 1. The minimum Gasteiger partial charge on any atom is -0.496 e. The summed E-state index contributed by atoms with van der Waals surface area (Å²) in [6.07, 6.45) is 1.61. The molecular formula is C13H15N3O2. The first-order valence-corrected chi connectivity index (χ1v) is 5.62. The number of ether oxygens (including phenoxy) is 1. The molecule has 0 amide bonds. The smallest absolute Gasteiger partial charge is 0.156 e. The number of aliphatic hydroxyl groups is 1. The zero-order valence-corrected chi connectivity index (χ0v) is 10.1. The number of hydrogen-bond acceptors (Lipinski definition) is 5. The van der Waals surface area contributed by atoms with Gasteiger partial charge >= 0.3 is 0 Å². The maximum absolute atomic E-state index is 8.96. The fraction of sp³-hybridized carbons (Fsp3) is 0.231. The molecule has 0 aliphatic rings. The maximum Gasteiger partial charge on any atom is 0.156 e. The van der Waals surface area contributed by atoms with Crippen LogP contribution in [0.1, 0.15) is 11.4 Å². The van der Waals surface area contributed by atoms with Crippen LogP contribution in [-0.4, -0.2) is 22.2 Å². The van der Waals surface area contributed by atoms with Gasteiger partial charge in [-0.25, -0.2) is 9.97 Å². The highest BCUT2D eigenvalue weighted by Crippen LogP contribution is 2.18. The molecule has 5 nitrogen and oxygen atoms in total. The van der Waals surface area contributed by atoms with E-state index >= 15 is 0 Å². The zero-order valence-electron chi connectivity index (χ0n) is 10.1. The van der Waals surface area contributed by atoms with Crippen LogP contribution in [0.15, 0.2) is 36.5 Å². The Hall–Kier alpha value is -2.14. The quantitative estimate of drug-likeness (QED) is 0.837. The molecule has 1 aromatic heterocycles. The number of rotatable bonds is 5. The molecule has 1 aromatic carbocycles. The van der Waals surface area contributed by atoms with Gasteiger partial charge in [0, 0.05) is 18.3 Å². The predicted molar refractivity (Wildman–Crippen MR) is 68.3 cm³/mol. The summed E-state index contributed by atoms with van der Waals surface area (Å²) in [4.78, 5) is 8.07. The Morgan fingerprint density at radius 1 is 1.28 bits per heavy atom. The van der Waals surface area contributed by atoms with Crippen LogP contribution in [0.25, 0.3) is 0 Å². The molecule has 1 heterocycles. The van der Waals surface area contributed by atoms with Crippen molar-refractivity contribution < 1.29 is 9.84 Å². The number of para-hydroxylation sites is 1. The number of nitrogens with zero attached hydrogens (tertiary/aromatic N) is 2. The highest BCUT2D eigenvalue weighted by atomic mass is 16.5. The van der Waals surface area contributed by atoms with Crippen molar-refractivity contribution >= 4 is 5.82 Å². The van der Waals surface area contributed by atoms with Gasteiger partial charge in [-0.1, -0.05) is 18.2 Å². The third-order valence-electron chi connectivity index (χ3n) is 2.50. The van der Waals surface area contributed by atoms with Gasteiger partial charge in [0.25, 0.3) is 0 Å². The van der Waals surface area contributed by atoms with Crippen LogP contribution in [0, 0.1) is 0 Å². The average Bonchev–Trinajstić information content (AvgIpc) is 2.45. The number of nitrogens with one attached hydrogen (secondary N) is 1. The summed E-state index contributed by atoms with van der Waals surface area (Å²) in [5, 5.41) is 12.1. The van der Waals surface area contributed by atoms with Crippen LogP contribution in [0.4, 0.5) is 5.82 Å². The molecule has 0 aliphatic heterocycles. The van der Waals surface area contributed by atoms with Crippen LogP contribution in [0.5, 0.6) is 5.75 Å². The van der Waals surface area contributed by atoms with Gasteiger partial charge in [-0.15, -0.1) is 0 Å². The van der Waals surface area contributed by atoms with E-state index in [0.29, 0.717) is 18.2 Å². The summed E-state index contributed by atoms with van der Waals surface area (Å²) in [6, 6.07) is 9.54. The summed E-state index contributed by atoms with van der Waals surface area (Å²) in [7, 11) is 1.65. The minimum absolute atomic E-state index is 0.163. The third-order valence-corrected chi connectivity index (χ3v) is 2.50. The summed E-state index contributed by atoms with van der Waals surface area (Å²) in [5.74, 6) is 1.92. The van der Waals surface area contributed by atoms with E-state index < -0.39 is 0 Å². The lowest BCUT2D eigenvalue weighted by atomic mass is 10.2. The first kappa shape index (κ1) is 12.3. The van der Waals surface area contributed by atoms with E-state index in [2.05, 4.69) is 15.3 Å². The second-order valence-corrected chi connectivity index (χ2v) is 3.68. The molecule has 0 spiro atoms. The van der Waals surface area contributed by atoms with Crippen molar-refractivity contribution in [2.45, 2.75) is 13.2 Å². The molecule has 0 saturated heterocycles. The van der Waals surface area contributed by atoms with Gasteiger partial charge in [0.1, 0.15) is 18.2 Å². The van der Waals surface area contributed by atoms with Crippen molar-refractivity contribution in [2.75, 3.05) is 12.4 Å². The molecule has 0 unspecified atom stereocenters. The van der Waals surface area contributed by atoms with Gasteiger partial charge in [-0.3, -0.25) is 0 Å². The topological polar surface area (TPSA) is 67.3 Å². The molecule has 2 N–H and O–H groups in total. The molecule has 0 radical (unpaired) electrons. The van der Waals surface area contributed by atoms with Gasteiger partial charge in [0.05, 0.1) is 7.11 Å². The first-order valence-electron chi connectivity index (χ1n) is 5.62. The van der Waals surface area contributed by atoms with Crippen LogP contribution in [0.3, 0.4) is 0 Å². The van der Waals surface area contributed by atoms with E-state index in [4.69, 9.17) is 9.84 Å². The lowest BCUT2D eigenvalue weighted by Crippen LogP contribution is -2.05.